The molecule has 0 aliphatic carbocycles. The molecule has 0 fully saturated rings. The Hall–Kier alpha value is -2.84. The van der Waals surface area contributed by atoms with Gasteiger partial charge in [-0.25, -0.2) is 9.78 Å². The third kappa shape index (κ3) is 5.81. The largest absolute Gasteiger partial charge is 0.444 e. The van der Waals surface area contributed by atoms with Crippen molar-refractivity contribution in [3.63, 3.8) is 0 Å². The van der Waals surface area contributed by atoms with Crippen molar-refractivity contribution in [3.8, 4) is 0 Å². The smallest absolute Gasteiger partial charge is 0.413 e. The number of nitrogens with one attached hydrogen (secondary N) is 1. The zero-order valence-electron chi connectivity index (χ0n) is 13.2. The van der Waals surface area contributed by atoms with Crippen LogP contribution in [0, 0.1) is 10.1 Å². The van der Waals surface area contributed by atoms with Crippen LogP contribution in [0.5, 0.6) is 0 Å². The summed E-state index contributed by atoms with van der Waals surface area (Å²) in [6.45, 7) is 6.10. The lowest BCUT2D eigenvalue weighted by atomic mass is 10.1. The molecule has 0 aliphatic rings. The Bertz CT molecular complexity index is 663. The summed E-state index contributed by atoms with van der Waals surface area (Å²) in [5.41, 5.74) is -1.15. The highest BCUT2D eigenvalue weighted by Crippen LogP contribution is 2.21. The van der Waals surface area contributed by atoms with Crippen molar-refractivity contribution in [2.75, 3.05) is 5.32 Å². The van der Waals surface area contributed by atoms with Gasteiger partial charge in [0.15, 0.2) is 5.78 Å². The number of ketones is 2. The fourth-order valence-corrected chi connectivity index (χ4v) is 1.57. The molecule has 1 amide bonds. The van der Waals surface area contributed by atoms with Crippen molar-refractivity contribution < 1.29 is 24.0 Å². The van der Waals surface area contributed by atoms with E-state index >= 15 is 0 Å². The van der Waals surface area contributed by atoms with E-state index in [-0.39, 0.29) is 11.4 Å². The molecule has 0 radical (unpaired) electrons. The highest BCUT2D eigenvalue weighted by molar-refractivity contribution is 6.36. The Balaban J connectivity index is 3.04. The Morgan fingerprint density at radius 3 is 2.43 bits per heavy atom. The molecular weight excluding hydrogens is 306 g/mol. The molecule has 0 unspecified atom stereocenters. The molecule has 0 saturated heterocycles. The van der Waals surface area contributed by atoms with Gasteiger partial charge in [-0.2, -0.15) is 0 Å². The number of ether oxygens (including phenoxy) is 1. The molecule has 1 N–H and O–H groups in total. The lowest BCUT2D eigenvalue weighted by molar-refractivity contribution is -0.385. The first-order valence-electron chi connectivity index (χ1n) is 6.66. The molecule has 9 heteroatoms. The van der Waals surface area contributed by atoms with E-state index in [1.54, 1.807) is 20.8 Å². The van der Waals surface area contributed by atoms with Gasteiger partial charge in [-0.1, -0.05) is 0 Å². The number of amides is 1. The number of pyridine rings is 1. The zero-order valence-corrected chi connectivity index (χ0v) is 13.2. The van der Waals surface area contributed by atoms with Crippen molar-refractivity contribution in [2.45, 2.75) is 39.7 Å². The molecule has 0 bridgehead atoms. The standard InChI is InChI=1S/C14H17N3O6/c1-8(18)11(19)5-9-6-12(15-7-10(9)17(21)22)16-13(20)23-14(2,3)4/h6-7H,5H2,1-4H3,(H,15,16,20). The average Bonchev–Trinajstić information content (AvgIpc) is 2.35. The van der Waals surface area contributed by atoms with Crippen LogP contribution in [0.3, 0.4) is 0 Å². The van der Waals surface area contributed by atoms with Crippen LogP contribution in [-0.4, -0.2) is 33.2 Å². The second-order valence-corrected chi connectivity index (χ2v) is 5.74. The maximum absolute atomic E-state index is 11.7. The third-order valence-corrected chi connectivity index (χ3v) is 2.54. The lowest BCUT2D eigenvalue weighted by Crippen LogP contribution is -2.27. The third-order valence-electron chi connectivity index (χ3n) is 2.54. The number of rotatable bonds is 5. The second-order valence-electron chi connectivity index (χ2n) is 5.74. The SMILES string of the molecule is CC(=O)C(=O)Cc1cc(NC(=O)OC(C)(C)C)ncc1[N+](=O)[O-]. The van der Waals surface area contributed by atoms with Gasteiger partial charge in [0, 0.05) is 18.9 Å². The van der Waals surface area contributed by atoms with Gasteiger partial charge >= 0.3 is 6.09 Å². The minimum atomic E-state index is -0.789. The summed E-state index contributed by atoms with van der Waals surface area (Å²) in [4.78, 5) is 48.2. The van der Waals surface area contributed by atoms with Crippen LogP contribution in [0.1, 0.15) is 33.3 Å². The van der Waals surface area contributed by atoms with E-state index in [1.165, 1.54) is 6.07 Å². The minimum absolute atomic E-state index is 0.0174. The van der Waals surface area contributed by atoms with Gasteiger partial charge in [0.1, 0.15) is 17.6 Å². The first-order chi connectivity index (χ1) is 10.5. The summed E-state index contributed by atoms with van der Waals surface area (Å²) in [6, 6.07) is 1.17. The molecule has 1 rings (SSSR count). The van der Waals surface area contributed by atoms with Crippen LogP contribution in [-0.2, 0) is 20.7 Å². The van der Waals surface area contributed by atoms with E-state index in [0.29, 0.717) is 0 Å². The van der Waals surface area contributed by atoms with Crippen molar-refractivity contribution in [2.24, 2.45) is 0 Å². The predicted molar refractivity (Wildman–Crippen MR) is 80.1 cm³/mol. The molecule has 23 heavy (non-hydrogen) atoms. The number of nitro groups is 1. The van der Waals surface area contributed by atoms with Crippen LogP contribution < -0.4 is 5.32 Å². The molecule has 0 atom stereocenters. The fraction of sp³-hybridized carbons (Fsp3) is 0.429. The topological polar surface area (TPSA) is 128 Å². The minimum Gasteiger partial charge on any atom is -0.444 e. The van der Waals surface area contributed by atoms with Gasteiger partial charge in [-0.15, -0.1) is 0 Å². The number of nitrogens with zero attached hydrogens (tertiary/aromatic N) is 2. The Labute approximate surface area is 132 Å². The average molecular weight is 323 g/mol. The molecule has 0 saturated carbocycles. The molecular formula is C14H17N3O6. The summed E-state index contributed by atoms with van der Waals surface area (Å²) >= 11 is 0. The molecule has 1 aromatic rings. The van der Waals surface area contributed by atoms with E-state index in [1.807, 2.05) is 0 Å². The number of carbonyl (C=O) groups excluding carboxylic acids is 3. The first-order valence-corrected chi connectivity index (χ1v) is 6.66. The maximum Gasteiger partial charge on any atom is 0.413 e. The number of aromatic nitrogens is 1. The highest BCUT2D eigenvalue weighted by Gasteiger charge is 2.22. The van der Waals surface area contributed by atoms with Crippen LogP contribution in [0.4, 0.5) is 16.3 Å². The summed E-state index contributed by atoms with van der Waals surface area (Å²) < 4.78 is 5.03. The number of hydrogen-bond acceptors (Lipinski definition) is 7. The lowest BCUT2D eigenvalue weighted by Gasteiger charge is -2.19. The highest BCUT2D eigenvalue weighted by atomic mass is 16.6. The summed E-state index contributed by atoms with van der Waals surface area (Å²) in [5.74, 6) is -1.50. The first kappa shape index (κ1) is 18.2. The molecule has 1 aromatic heterocycles. The molecule has 0 aromatic carbocycles. The van der Waals surface area contributed by atoms with Crippen LogP contribution in [0.25, 0.3) is 0 Å². The quantitative estimate of drug-likeness (QED) is 0.498. The molecule has 1 heterocycles. The number of Topliss-reactive ketones (excluding diaryl/α,β-unsaturated/α-hetero) is 2. The van der Waals surface area contributed by atoms with Crippen LogP contribution in [0.2, 0.25) is 0 Å². The Kier molecular flexibility index (Phi) is 5.50. The van der Waals surface area contributed by atoms with E-state index in [0.717, 1.165) is 13.1 Å². The molecule has 124 valence electrons. The molecule has 0 aliphatic heterocycles. The van der Waals surface area contributed by atoms with Gasteiger partial charge in [0.05, 0.1) is 4.92 Å². The van der Waals surface area contributed by atoms with E-state index in [2.05, 4.69) is 10.3 Å². The van der Waals surface area contributed by atoms with Crippen molar-refractivity contribution in [1.29, 1.82) is 0 Å². The number of hydrogen-bond donors (Lipinski definition) is 1. The summed E-state index contributed by atoms with van der Waals surface area (Å²) in [6.07, 6.45) is -0.324. The van der Waals surface area contributed by atoms with Crippen molar-refractivity contribution in [3.05, 3.63) is 27.9 Å². The van der Waals surface area contributed by atoms with Crippen LogP contribution >= 0.6 is 0 Å². The van der Waals surface area contributed by atoms with Crippen molar-refractivity contribution in [1.82, 2.24) is 4.98 Å². The normalized spacial score (nSPS) is 10.8. The molecule has 9 nitrogen and oxygen atoms in total. The zero-order chi connectivity index (χ0) is 17.8. The number of anilines is 1. The van der Waals surface area contributed by atoms with Gasteiger partial charge in [-0.05, 0) is 26.8 Å². The van der Waals surface area contributed by atoms with Gasteiger partial charge in [-0.3, -0.25) is 25.0 Å². The van der Waals surface area contributed by atoms with Crippen molar-refractivity contribution >= 4 is 29.2 Å². The van der Waals surface area contributed by atoms with Gasteiger partial charge in [0.25, 0.3) is 5.69 Å². The Morgan fingerprint density at radius 1 is 1.35 bits per heavy atom. The van der Waals surface area contributed by atoms with Crippen LogP contribution in [0.15, 0.2) is 12.3 Å². The molecule has 0 spiro atoms. The van der Waals surface area contributed by atoms with Gasteiger partial charge in [0.2, 0.25) is 5.78 Å². The number of carbonyl (C=O) groups is 3. The predicted octanol–water partition coefficient (Wildman–Crippen LogP) is 2.04. The fourth-order valence-electron chi connectivity index (χ4n) is 1.57. The summed E-state index contributed by atoms with van der Waals surface area (Å²) in [5, 5.41) is 13.3. The summed E-state index contributed by atoms with van der Waals surface area (Å²) in [7, 11) is 0. The maximum atomic E-state index is 11.7. The van der Waals surface area contributed by atoms with E-state index in [9.17, 15) is 24.5 Å². The Morgan fingerprint density at radius 2 is 1.96 bits per heavy atom. The van der Waals surface area contributed by atoms with Gasteiger partial charge < -0.3 is 4.74 Å². The van der Waals surface area contributed by atoms with E-state index < -0.39 is 40.3 Å². The second kappa shape index (κ2) is 6.95. The monoisotopic (exact) mass is 323 g/mol. The van der Waals surface area contributed by atoms with E-state index in [4.69, 9.17) is 4.74 Å².